The number of thiocarbonyl (C=S) groups is 1. The maximum atomic E-state index is 15.0. The molecular formula is C32H28F2N4O2S2. The van der Waals surface area contributed by atoms with Gasteiger partial charge in [0, 0.05) is 35.4 Å². The number of nitrogens with zero attached hydrogens (tertiary/aromatic N) is 1. The maximum Gasteiger partial charge on any atom is 0.230 e. The van der Waals surface area contributed by atoms with E-state index in [0.29, 0.717) is 17.0 Å². The number of anilines is 1. The zero-order chi connectivity index (χ0) is 29.5. The number of benzene rings is 3. The van der Waals surface area contributed by atoms with Crippen molar-refractivity contribution in [3.05, 3.63) is 108 Å². The van der Waals surface area contributed by atoms with E-state index in [-0.39, 0.29) is 29.0 Å². The van der Waals surface area contributed by atoms with E-state index in [9.17, 15) is 9.18 Å². The Morgan fingerprint density at radius 1 is 0.952 bits per heavy atom. The predicted molar refractivity (Wildman–Crippen MR) is 168 cm³/mol. The fourth-order valence-corrected chi connectivity index (χ4v) is 5.54. The minimum Gasteiger partial charge on any atom is -0.453 e. The summed E-state index contributed by atoms with van der Waals surface area (Å²) in [5.41, 5.74) is 4.04. The van der Waals surface area contributed by atoms with Crippen LogP contribution in [0.5, 0.6) is 11.5 Å². The van der Waals surface area contributed by atoms with Gasteiger partial charge in [-0.1, -0.05) is 43.3 Å². The third-order valence-corrected chi connectivity index (χ3v) is 7.70. The van der Waals surface area contributed by atoms with Gasteiger partial charge in [0.1, 0.15) is 11.6 Å². The Labute approximate surface area is 251 Å². The number of pyridine rings is 1. The molecule has 0 bridgehead atoms. The molecule has 0 aliphatic rings. The van der Waals surface area contributed by atoms with Gasteiger partial charge in [0.2, 0.25) is 5.91 Å². The van der Waals surface area contributed by atoms with Gasteiger partial charge in [0.05, 0.1) is 16.6 Å². The van der Waals surface area contributed by atoms with Gasteiger partial charge in [-0.2, -0.15) is 0 Å². The molecule has 0 aliphatic heterocycles. The van der Waals surface area contributed by atoms with Crippen LogP contribution in [-0.4, -0.2) is 22.5 Å². The number of nitrogens with one attached hydrogen (secondary N) is 3. The lowest BCUT2D eigenvalue weighted by atomic mass is 10.1. The first kappa shape index (κ1) is 29.2. The molecule has 0 saturated carbocycles. The van der Waals surface area contributed by atoms with Crippen molar-refractivity contribution >= 4 is 50.5 Å². The number of aromatic nitrogens is 1. The number of thiophene rings is 1. The van der Waals surface area contributed by atoms with Crippen LogP contribution in [0.2, 0.25) is 0 Å². The molecule has 1 amide bonds. The molecule has 0 atom stereocenters. The summed E-state index contributed by atoms with van der Waals surface area (Å²) in [5, 5.41) is 8.76. The summed E-state index contributed by atoms with van der Waals surface area (Å²) in [7, 11) is 0. The molecule has 5 rings (SSSR count). The number of carbonyl (C=O) groups excluding carboxylic acids is 1. The third kappa shape index (κ3) is 7.52. The van der Waals surface area contributed by atoms with Crippen LogP contribution in [-0.2, 0) is 17.8 Å². The quantitative estimate of drug-likeness (QED) is 0.113. The summed E-state index contributed by atoms with van der Waals surface area (Å²) in [6, 6.07) is 22.1. The normalized spacial score (nSPS) is 10.9. The first-order valence-electron chi connectivity index (χ1n) is 13.4. The highest BCUT2D eigenvalue weighted by atomic mass is 32.1. The number of hydrogen-bond acceptors (Lipinski definition) is 6. The van der Waals surface area contributed by atoms with E-state index < -0.39 is 5.82 Å². The van der Waals surface area contributed by atoms with Crippen molar-refractivity contribution in [1.82, 2.24) is 15.6 Å². The highest BCUT2D eigenvalue weighted by Crippen LogP contribution is 2.39. The Morgan fingerprint density at radius 2 is 1.71 bits per heavy atom. The zero-order valence-electron chi connectivity index (χ0n) is 22.7. The lowest BCUT2D eigenvalue weighted by molar-refractivity contribution is -0.119. The Bertz CT molecular complexity index is 1710. The fourth-order valence-electron chi connectivity index (χ4n) is 4.23. The van der Waals surface area contributed by atoms with Crippen LogP contribution in [0, 0.1) is 11.6 Å². The maximum absolute atomic E-state index is 15.0. The number of amides is 1. The second-order valence-corrected chi connectivity index (χ2v) is 11.0. The van der Waals surface area contributed by atoms with E-state index in [1.165, 1.54) is 53.3 Å². The highest BCUT2D eigenvalue weighted by molar-refractivity contribution is 7.80. The number of fused-ring (bicyclic) bond motifs is 1. The topological polar surface area (TPSA) is 75.3 Å². The molecule has 3 N–H and O–H groups in total. The van der Waals surface area contributed by atoms with Crippen LogP contribution in [0.4, 0.5) is 14.5 Å². The number of rotatable bonds is 10. The van der Waals surface area contributed by atoms with Gasteiger partial charge in [-0.25, -0.2) is 8.78 Å². The number of carbonyl (C=O) groups is 1. The largest absolute Gasteiger partial charge is 0.453 e. The smallest absolute Gasteiger partial charge is 0.230 e. The summed E-state index contributed by atoms with van der Waals surface area (Å²) in [5.74, 6) is -0.819. The SMILES string of the molecule is CCCNCc1ccc(-c2cc3nccc(Oc4ccc(NC(=S)NC(=O)Cc5ccc(F)cc5)cc4F)c3s2)cc1. The van der Waals surface area contributed by atoms with Crippen LogP contribution >= 0.6 is 23.6 Å². The van der Waals surface area contributed by atoms with E-state index in [4.69, 9.17) is 17.0 Å². The monoisotopic (exact) mass is 602 g/mol. The van der Waals surface area contributed by atoms with Crippen molar-refractivity contribution in [1.29, 1.82) is 0 Å². The fraction of sp³-hybridized carbons (Fsp3) is 0.156. The summed E-state index contributed by atoms with van der Waals surface area (Å²) in [6.07, 6.45) is 2.75. The summed E-state index contributed by atoms with van der Waals surface area (Å²) in [4.78, 5) is 17.8. The molecule has 0 fully saturated rings. The summed E-state index contributed by atoms with van der Waals surface area (Å²) in [6.45, 7) is 3.96. The average Bonchev–Trinajstić information content (AvgIpc) is 3.41. The molecule has 6 nitrogen and oxygen atoms in total. The van der Waals surface area contributed by atoms with Gasteiger partial charge < -0.3 is 20.7 Å². The van der Waals surface area contributed by atoms with Gasteiger partial charge >= 0.3 is 0 Å². The Hall–Kier alpha value is -4.25. The van der Waals surface area contributed by atoms with Gasteiger partial charge in [-0.3, -0.25) is 9.78 Å². The van der Waals surface area contributed by atoms with Gasteiger partial charge in [0.15, 0.2) is 16.7 Å². The first-order valence-corrected chi connectivity index (χ1v) is 14.6. The zero-order valence-corrected chi connectivity index (χ0v) is 24.4. The molecule has 42 heavy (non-hydrogen) atoms. The average molecular weight is 603 g/mol. The molecule has 3 aromatic carbocycles. The second kappa shape index (κ2) is 13.6. The molecule has 2 aromatic heterocycles. The van der Waals surface area contributed by atoms with Crippen LogP contribution < -0.4 is 20.7 Å². The number of hydrogen-bond donors (Lipinski definition) is 3. The molecule has 10 heteroatoms. The van der Waals surface area contributed by atoms with Crippen LogP contribution in [0.15, 0.2) is 85.1 Å². The number of ether oxygens (including phenoxy) is 1. The molecule has 214 valence electrons. The van der Waals surface area contributed by atoms with Crippen molar-refractivity contribution in [2.75, 3.05) is 11.9 Å². The molecule has 2 heterocycles. The Balaban J connectivity index is 1.23. The van der Waals surface area contributed by atoms with Crippen molar-refractivity contribution in [2.45, 2.75) is 26.3 Å². The summed E-state index contributed by atoms with van der Waals surface area (Å²) >= 11 is 6.73. The molecule has 0 radical (unpaired) electrons. The lowest BCUT2D eigenvalue weighted by Gasteiger charge is -2.12. The third-order valence-electron chi connectivity index (χ3n) is 6.31. The van der Waals surface area contributed by atoms with Crippen molar-refractivity contribution in [3.8, 4) is 21.9 Å². The van der Waals surface area contributed by atoms with Crippen molar-refractivity contribution < 1.29 is 18.3 Å². The first-order chi connectivity index (χ1) is 20.4. The van der Waals surface area contributed by atoms with Gasteiger partial charge in [-0.05, 0) is 72.2 Å². The van der Waals surface area contributed by atoms with Crippen LogP contribution in [0.1, 0.15) is 24.5 Å². The van der Waals surface area contributed by atoms with Crippen LogP contribution in [0.25, 0.3) is 20.7 Å². The lowest BCUT2D eigenvalue weighted by Crippen LogP contribution is -2.35. The van der Waals surface area contributed by atoms with E-state index in [2.05, 4.69) is 52.1 Å². The minimum absolute atomic E-state index is 0.0161. The molecule has 0 unspecified atom stereocenters. The molecule has 5 aromatic rings. The Morgan fingerprint density at radius 3 is 2.45 bits per heavy atom. The number of halogens is 2. The van der Waals surface area contributed by atoms with Crippen molar-refractivity contribution in [3.63, 3.8) is 0 Å². The van der Waals surface area contributed by atoms with E-state index in [1.54, 1.807) is 18.3 Å². The van der Waals surface area contributed by atoms with E-state index >= 15 is 4.39 Å². The van der Waals surface area contributed by atoms with Gasteiger partial charge in [0.25, 0.3) is 0 Å². The molecular weight excluding hydrogens is 575 g/mol. The Kier molecular flexibility index (Phi) is 9.48. The molecule has 0 saturated heterocycles. The molecule has 0 aliphatic carbocycles. The van der Waals surface area contributed by atoms with Crippen molar-refractivity contribution in [2.24, 2.45) is 0 Å². The molecule has 0 spiro atoms. The predicted octanol–water partition coefficient (Wildman–Crippen LogP) is 7.59. The minimum atomic E-state index is -0.602. The summed E-state index contributed by atoms with van der Waals surface area (Å²) < 4.78 is 34.9. The second-order valence-electron chi connectivity index (χ2n) is 9.56. The standard InChI is InChI=1S/C32H28F2N4O2S2/c1-2-14-35-19-21-3-7-22(8-4-21)29-18-26-31(42-29)28(13-15-36-26)40-27-12-11-24(17-25(27)34)37-32(41)38-30(39)16-20-5-9-23(33)10-6-20/h3-13,15,17-18,35H,2,14,16,19H2,1H3,(H2,37,38,39,41). The highest BCUT2D eigenvalue weighted by Gasteiger charge is 2.14. The van der Waals surface area contributed by atoms with Gasteiger partial charge in [-0.15, -0.1) is 11.3 Å². The van der Waals surface area contributed by atoms with E-state index in [0.717, 1.165) is 40.2 Å². The van der Waals surface area contributed by atoms with Crippen LogP contribution in [0.3, 0.4) is 0 Å². The van der Waals surface area contributed by atoms with E-state index in [1.807, 2.05) is 6.07 Å².